The van der Waals surface area contributed by atoms with Crippen LogP contribution in [0.5, 0.6) is 0 Å². The van der Waals surface area contributed by atoms with Gasteiger partial charge in [-0.25, -0.2) is 4.39 Å². The molecular weight excluding hydrogens is 103 g/mol. The molecule has 0 rings (SSSR count). The third-order valence-electron chi connectivity index (χ3n) is 1.44. The van der Waals surface area contributed by atoms with E-state index in [1.807, 2.05) is 6.92 Å². The van der Waals surface area contributed by atoms with Crippen LogP contribution in [0.1, 0.15) is 33.1 Å². The number of halogens is 1. The molecule has 0 bridgehead atoms. The summed E-state index contributed by atoms with van der Waals surface area (Å²) in [6.07, 6.45) is 1.88. The molecule has 0 aromatic rings. The van der Waals surface area contributed by atoms with Crippen LogP contribution in [0, 0.1) is 6.92 Å². The van der Waals surface area contributed by atoms with Gasteiger partial charge < -0.3 is 0 Å². The van der Waals surface area contributed by atoms with E-state index in [-0.39, 0.29) is 0 Å². The fraction of sp³-hybridized carbons (Fsp3) is 0.857. The summed E-state index contributed by atoms with van der Waals surface area (Å²) >= 11 is 0. The lowest BCUT2D eigenvalue weighted by Crippen LogP contribution is -2.14. The van der Waals surface area contributed by atoms with Gasteiger partial charge in [0.25, 0.3) is 0 Å². The third-order valence-corrected chi connectivity index (χ3v) is 1.44. The molecule has 0 heterocycles. The Bertz CT molecular complexity index is 57.4. The summed E-state index contributed by atoms with van der Waals surface area (Å²) in [5.74, 6) is 0. The third kappa shape index (κ3) is 3.00. The molecule has 0 fully saturated rings. The second kappa shape index (κ2) is 3.06. The normalized spacial score (nSPS) is 18.0. The quantitative estimate of drug-likeness (QED) is 0.533. The van der Waals surface area contributed by atoms with Crippen molar-refractivity contribution in [3.63, 3.8) is 0 Å². The molecule has 0 amide bonds. The highest BCUT2D eigenvalue weighted by molar-refractivity contribution is 4.70. The van der Waals surface area contributed by atoms with Gasteiger partial charge in [-0.1, -0.05) is 20.3 Å². The molecule has 1 unspecified atom stereocenters. The Labute approximate surface area is 51.1 Å². The van der Waals surface area contributed by atoms with Crippen LogP contribution in [-0.2, 0) is 0 Å². The largest absolute Gasteiger partial charge is 0.244 e. The highest BCUT2D eigenvalue weighted by Gasteiger charge is 2.17. The molecule has 0 aliphatic rings. The van der Waals surface area contributed by atoms with Gasteiger partial charge in [-0.2, -0.15) is 0 Å². The maximum Gasteiger partial charge on any atom is 0.108 e. The SMILES string of the molecule is [CH2]CCC(C)(F)CC. The minimum Gasteiger partial charge on any atom is -0.244 e. The summed E-state index contributed by atoms with van der Waals surface area (Å²) in [6, 6.07) is 0. The minimum absolute atomic E-state index is 0.587. The average molecular weight is 117 g/mol. The smallest absolute Gasteiger partial charge is 0.108 e. The highest BCUT2D eigenvalue weighted by Crippen LogP contribution is 2.20. The Morgan fingerprint density at radius 2 is 2.12 bits per heavy atom. The average Bonchev–Trinajstić information content (AvgIpc) is 1.67. The summed E-state index contributed by atoms with van der Waals surface area (Å²) < 4.78 is 12.8. The topological polar surface area (TPSA) is 0 Å². The van der Waals surface area contributed by atoms with Crippen LogP contribution < -0.4 is 0 Å². The van der Waals surface area contributed by atoms with E-state index in [4.69, 9.17) is 0 Å². The Morgan fingerprint density at radius 1 is 1.62 bits per heavy atom. The lowest BCUT2D eigenvalue weighted by atomic mass is 10.0. The van der Waals surface area contributed by atoms with Crippen molar-refractivity contribution in [3.05, 3.63) is 6.92 Å². The van der Waals surface area contributed by atoms with Gasteiger partial charge in [0.1, 0.15) is 5.67 Å². The first-order valence-electron chi connectivity index (χ1n) is 3.10. The van der Waals surface area contributed by atoms with Crippen molar-refractivity contribution in [2.24, 2.45) is 0 Å². The van der Waals surface area contributed by atoms with E-state index in [0.29, 0.717) is 19.3 Å². The van der Waals surface area contributed by atoms with E-state index in [1.54, 1.807) is 6.92 Å². The van der Waals surface area contributed by atoms with Gasteiger partial charge in [-0.15, -0.1) is 0 Å². The van der Waals surface area contributed by atoms with Gasteiger partial charge in [-0.3, -0.25) is 0 Å². The Balaban J connectivity index is 3.37. The molecule has 0 aromatic heterocycles. The van der Waals surface area contributed by atoms with Gasteiger partial charge in [0.05, 0.1) is 0 Å². The number of rotatable bonds is 3. The molecule has 1 atom stereocenters. The fourth-order valence-electron chi connectivity index (χ4n) is 0.545. The van der Waals surface area contributed by atoms with Crippen molar-refractivity contribution in [2.45, 2.75) is 38.8 Å². The molecule has 0 aromatic carbocycles. The summed E-state index contributed by atoms with van der Waals surface area (Å²) in [5.41, 5.74) is -0.970. The monoisotopic (exact) mass is 117 g/mol. The van der Waals surface area contributed by atoms with Gasteiger partial charge in [0, 0.05) is 0 Å². The lowest BCUT2D eigenvalue weighted by Gasteiger charge is -2.15. The molecule has 0 aliphatic heterocycles. The van der Waals surface area contributed by atoms with Crippen LogP contribution >= 0.6 is 0 Å². The first-order valence-corrected chi connectivity index (χ1v) is 3.10. The molecule has 49 valence electrons. The maximum atomic E-state index is 12.8. The van der Waals surface area contributed by atoms with Crippen molar-refractivity contribution >= 4 is 0 Å². The molecule has 1 radical (unpaired) electrons. The summed E-state index contributed by atoms with van der Waals surface area (Å²) in [6.45, 7) is 7.06. The Hall–Kier alpha value is -0.0700. The van der Waals surface area contributed by atoms with Crippen molar-refractivity contribution < 1.29 is 4.39 Å². The van der Waals surface area contributed by atoms with Gasteiger partial charge in [-0.05, 0) is 19.8 Å². The molecule has 0 N–H and O–H groups in total. The van der Waals surface area contributed by atoms with E-state index in [0.717, 1.165) is 0 Å². The summed E-state index contributed by atoms with van der Waals surface area (Å²) in [4.78, 5) is 0. The first kappa shape index (κ1) is 7.93. The number of hydrogen-bond acceptors (Lipinski definition) is 0. The summed E-state index contributed by atoms with van der Waals surface area (Å²) in [7, 11) is 0. The second-order valence-corrected chi connectivity index (χ2v) is 2.37. The van der Waals surface area contributed by atoms with Crippen molar-refractivity contribution in [1.82, 2.24) is 0 Å². The van der Waals surface area contributed by atoms with Crippen molar-refractivity contribution in [3.8, 4) is 0 Å². The zero-order chi connectivity index (χ0) is 6.62. The zero-order valence-corrected chi connectivity index (χ0v) is 5.71. The van der Waals surface area contributed by atoms with E-state index in [2.05, 4.69) is 6.92 Å². The van der Waals surface area contributed by atoms with E-state index >= 15 is 0 Å². The van der Waals surface area contributed by atoms with Crippen LogP contribution in [0.25, 0.3) is 0 Å². The maximum absolute atomic E-state index is 12.8. The van der Waals surface area contributed by atoms with Crippen molar-refractivity contribution in [1.29, 1.82) is 0 Å². The molecular formula is C7H14F. The lowest BCUT2D eigenvalue weighted by molar-refractivity contribution is 0.170. The van der Waals surface area contributed by atoms with Crippen LogP contribution in [0.15, 0.2) is 0 Å². The van der Waals surface area contributed by atoms with E-state index in [1.165, 1.54) is 0 Å². The standard InChI is InChI=1S/C7H14F/c1-4-6-7(3,8)5-2/h1,4-6H2,2-3H3. The number of alkyl halides is 1. The van der Waals surface area contributed by atoms with E-state index in [9.17, 15) is 4.39 Å². The number of hydrogen-bond donors (Lipinski definition) is 0. The molecule has 0 saturated carbocycles. The molecule has 0 aliphatic carbocycles. The molecule has 0 nitrogen and oxygen atoms in total. The minimum atomic E-state index is -0.970. The van der Waals surface area contributed by atoms with Gasteiger partial charge >= 0.3 is 0 Å². The second-order valence-electron chi connectivity index (χ2n) is 2.37. The Kier molecular flexibility index (Phi) is 3.03. The van der Waals surface area contributed by atoms with Gasteiger partial charge in [0.2, 0.25) is 0 Å². The van der Waals surface area contributed by atoms with E-state index < -0.39 is 5.67 Å². The summed E-state index contributed by atoms with van der Waals surface area (Å²) in [5, 5.41) is 0. The van der Waals surface area contributed by atoms with Gasteiger partial charge in [0.15, 0.2) is 0 Å². The molecule has 8 heavy (non-hydrogen) atoms. The zero-order valence-electron chi connectivity index (χ0n) is 5.71. The predicted molar refractivity (Wildman–Crippen MR) is 34.4 cm³/mol. The molecule has 0 saturated heterocycles. The fourth-order valence-corrected chi connectivity index (χ4v) is 0.545. The highest BCUT2D eigenvalue weighted by atomic mass is 19.1. The van der Waals surface area contributed by atoms with Crippen LogP contribution in [0.3, 0.4) is 0 Å². The first-order chi connectivity index (χ1) is 3.62. The van der Waals surface area contributed by atoms with Crippen LogP contribution in [-0.4, -0.2) is 5.67 Å². The predicted octanol–water partition coefficient (Wildman–Crippen LogP) is 2.74. The van der Waals surface area contributed by atoms with Crippen LogP contribution in [0.2, 0.25) is 0 Å². The van der Waals surface area contributed by atoms with Crippen LogP contribution in [0.4, 0.5) is 4.39 Å². The molecule has 0 spiro atoms. The van der Waals surface area contributed by atoms with Crippen molar-refractivity contribution in [2.75, 3.05) is 0 Å². The Morgan fingerprint density at radius 3 is 2.25 bits per heavy atom. The molecule has 1 heteroatoms.